The summed E-state index contributed by atoms with van der Waals surface area (Å²) in [6.07, 6.45) is -8.56. The third-order valence-corrected chi connectivity index (χ3v) is 1.22. The number of hydrogen-bond donors (Lipinski definition) is 1. The molecule has 0 bridgehead atoms. The van der Waals surface area contributed by atoms with Crippen molar-refractivity contribution in [2.24, 2.45) is 5.92 Å². The Hall–Kier alpha value is -0.530. The maximum absolute atomic E-state index is 10.7. The van der Waals surface area contributed by atoms with Crippen LogP contribution in [0.4, 0.5) is 0 Å². The van der Waals surface area contributed by atoms with E-state index in [0.717, 1.165) is 0 Å². The van der Waals surface area contributed by atoms with E-state index in [1.165, 1.54) is 0 Å². The third-order valence-electron chi connectivity index (χ3n) is 1.22. The Balaban J connectivity index is 3.07. The maximum Gasteiger partial charge on any atom is 0.306 e. The van der Waals surface area contributed by atoms with Crippen LogP contribution in [0.3, 0.4) is 0 Å². The molecule has 0 radical (unpaired) electrons. The van der Waals surface area contributed by atoms with E-state index in [1.54, 1.807) is 0 Å². The fourth-order valence-electron chi connectivity index (χ4n) is 0.658. The molecule has 0 spiro atoms. The van der Waals surface area contributed by atoms with Gasteiger partial charge in [0.15, 0.2) is 0 Å². The van der Waals surface area contributed by atoms with Gasteiger partial charge in [0, 0.05) is 8.22 Å². The monoisotopic (exact) mass is 134 g/mol. The van der Waals surface area contributed by atoms with Crippen LogP contribution in [-0.2, 0) is 4.79 Å². The molecule has 2 heteroatoms. The molecule has 1 saturated carbocycles. The lowest BCUT2D eigenvalue weighted by Crippen LogP contribution is -2.16. The Kier molecular flexibility index (Phi) is 0.715. The topological polar surface area (TPSA) is 37.3 Å². The first-order valence-corrected chi connectivity index (χ1v) is 2.74. The van der Waals surface area contributed by atoms with Crippen LogP contribution in [0.5, 0.6) is 0 Å². The minimum absolute atomic E-state index is 0.491. The van der Waals surface area contributed by atoms with E-state index in [-0.39, 0.29) is 0 Å². The fourth-order valence-corrected chi connectivity index (χ4v) is 0.658. The average Bonchev–Trinajstić information content (AvgIpc) is 1.99. The van der Waals surface area contributed by atoms with Crippen LogP contribution in [0.25, 0.3) is 0 Å². The molecule has 0 amide bonds. The molecule has 1 aliphatic carbocycles. The third kappa shape index (κ3) is 1.70. The van der Waals surface area contributed by atoms with Gasteiger partial charge in [-0.15, -0.1) is 0 Å². The lowest BCUT2D eigenvalue weighted by Gasteiger charge is -2.16. The van der Waals surface area contributed by atoms with Crippen molar-refractivity contribution in [3.63, 3.8) is 0 Å². The van der Waals surface area contributed by atoms with Gasteiger partial charge in [0.25, 0.3) is 0 Å². The van der Waals surface area contributed by atoms with Gasteiger partial charge >= 0.3 is 5.97 Å². The van der Waals surface area contributed by atoms with Gasteiger partial charge in [0.2, 0.25) is 0 Å². The maximum atomic E-state index is 10.7. The Morgan fingerprint density at radius 1 is 1.44 bits per heavy atom. The van der Waals surface area contributed by atoms with Crippen molar-refractivity contribution in [1.82, 2.24) is 0 Å². The zero-order valence-corrected chi connectivity index (χ0v) is 4.85. The van der Waals surface area contributed by atoms with Gasteiger partial charge in [-0.3, -0.25) is 4.79 Å². The largest absolute Gasteiger partial charge is 0.481 e. The van der Waals surface area contributed by atoms with Crippen LogP contribution < -0.4 is 0 Å². The van der Waals surface area contributed by atoms with Crippen molar-refractivity contribution in [2.75, 3.05) is 0 Å². The number of carboxylic acid groups (broad SMARTS) is 1. The second kappa shape index (κ2) is 2.85. The first kappa shape index (κ1) is 2.26. The van der Waals surface area contributed by atoms with E-state index >= 15 is 0 Å². The summed E-state index contributed by atoms with van der Waals surface area (Å²) >= 11 is 0. The van der Waals surface area contributed by atoms with E-state index in [9.17, 15) is 4.79 Å². The van der Waals surface area contributed by atoms with Crippen molar-refractivity contribution in [1.29, 1.82) is 0 Å². The SMILES string of the molecule is [2H]C1([2H])CC(C(=O)O)CC([2H])([2H])C1([2H])[2H]. The first-order valence-electron chi connectivity index (χ1n) is 5.74. The smallest absolute Gasteiger partial charge is 0.306 e. The number of rotatable bonds is 1. The Labute approximate surface area is 63.3 Å². The standard InChI is InChI=1S/C7H12O2/c8-7(9)6-4-2-1-3-5-6/h6H,1-5H2,(H,8,9)/i1D2,2D2,3D2. The van der Waals surface area contributed by atoms with Crippen LogP contribution >= 0.6 is 0 Å². The molecule has 1 aliphatic rings. The first-order chi connectivity index (χ1) is 6.51. The van der Waals surface area contributed by atoms with Gasteiger partial charge in [0.1, 0.15) is 0 Å². The molecule has 0 aromatic rings. The van der Waals surface area contributed by atoms with Gasteiger partial charge in [-0.25, -0.2) is 0 Å². The van der Waals surface area contributed by atoms with Crippen LogP contribution in [0.1, 0.15) is 40.2 Å². The lowest BCUT2D eigenvalue weighted by atomic mass is 9.90. The molecule has 0 saturated heterocycles. The van der Waals surface area contributed by atoms with E-state index < -0.39 is 43.8 Å². The summed E-state index contributed by atoms with van der Waals surface area (Å²) in [6, 6.07) is 0. The van der Waals surface area contributed by atoms with Crippen molar-refractivity contribution in [3.8, 4) is 0 Å². The Bertz CT molecular complexity index is 267. The highest BCUT2D eigenvalue weighted by atomic mass is 16.4. The van der Waals surface area contributed by atoms with E-state index in [1.807, 2.05) is 0 Å². The van der Waals surface area contributed by atoms with Gasteiger partial charge in [-0.2, -0.15) is 0 Å². The summed E-state index contributed by atoms with van der Waals surface area (Å²) in [5.41, 5.74) is 0. The molecule has 0 aromatic carbocycles. The molecule has 9 heavy (non-hydrogen) atoms. The van der Waals surface area contributed by atoms with Gasteiger partial charge in [-0.05, 0) is 12.8 Å². The molecular formula is C7H12O2. The molecule has 0 aromatic heterocycles. The van der Waals surface area contributed by atoms with Crippen molar-refractivity contribution >= 4 is 5.97 Å². The van der Waals surface area contributed by atoms with Gasteiger partial charge in [-0.1, -0.05) is 19.1 Å². The number of carboxylic acids is 1. The summed E-state index contributed by atoms with van der Waals surface area (Å²) in [5, 5.41) is 8.72. The molecule has 0 heterocycles. The Morgan fingerprint density at radius 2 is 2.00 bits per heavy atom. The summed E-state index contributed by atoms with van der Waals surface area (Å²) in [6.45, 7) is 0. The summed E-state index contributed by atoms with van der Waals surface area (Å²) in [5.74, 6) is -2.45. The minimum atomic E-state index is -2.66. The van der Waals surface area contributed by atoms with Crippen molar-refractivity contribution < 1.29 is 18.1 Å². The number of carbonyl (C=O) groups is 1. The van der Waals surface area contributed by atoms with Crippen LogP contribution in [0, 0.1) is 5.92 Å². The van der Waals surface area contributed by atoms with E-state index in [4.69, 9.17) is 13.3 Å². The molecule has 0 unspecified atom stereocenters. The molecule has 2 nitrogen and oxygen atoms in total. The van der Waals surface area contributed by atoms with Crippen molar-refractivity contribution in [2.45, 2.75) is 32.0 Å². The predicted octanol–water partition coefficient (Wildman–Crippen LogP) is 1.65. The van der Waals surface area contributed by atoms with Gasteiger partial charge < -0.3 is 5.11 Å². The summed E-state index contributed by atoms with van der Waals surface area (Å²) < 4.78 is 44.4. The molecule has 0 aliphatic heterocycles. The van der Waals surface area contributed by atoms with E-state index in [2.05, 4.69) is 0 Å². The summed E-state index contributed by atoms with van der Waals surface area (Å²) in [4.78, 5) is 10.7. The fraction of sp³-hybridized carbons (Fsp3) is 0.857. The van der Waals surface area contributed by atoms with Crippen LogP contribution in [0.15, 0.2) is 0 Å². The molecule has 1 rings (SSSR count). The highest BCUT2D eigenvalue weighted by molar-refractivity contribution is 5.69. The molecular weight excluding hydrogens is 116 g/mol. The molecule has 1 N–H and O–H groups in total. The number of hydrogen-bond acceptors (Lipinski definition) is 1. The highest BCUT2D eigenvalue weighted by Gasteiger charge is 2.19. The molecule has 0 atom stereocenters. The van der Waals surface area contributed by atoms with Crippen molar-refractivity contribution in [3.05, 3.63) is 0 Å². The predicted molar refractivity (Wildman–Crippen MR) is 34.2 cm³/mol. The second-order valence-electron chi connectivity index (χ2n) is 1.92. The zero-order valence-electron chi connectivity index (χ0n) is 10.8. The zero-order chi connectivity index (χ0) is 12.1. The average molecular weight is 134 g/mol. The quantitative estimate of drug-likeness (QED) is 0.592. The lowest BCUT2D eigenvalue weighted by molar-refractivity contribution is -0.142. The molecule has 1 fully saturated rings. The molecule has 52 valence electrons. The minimum Gasteiger partial charge on any atom is -0.481 e. The van der Waals surface area contributed by atoms with Gasteiger partial charge in [0.05, 0.1) is 5.92 Å². The second-order valence-corrected chi connectivity index (χ2v) is 1.92. The highest BCUT2D eigenvalue weighted by Crippen LogP contribution is 2.23. The summed E-state index contributed by atoms with van der Waals surface area (Å²) in [7, 11) is 0. The van der Waals surface area contributed by atoms with Crippen LogP contribution in [-0.4, -0.2) is 11.1 Å². The van der Waals surface area contributed by atoms with Crippen LogP contribution in [0.2, 0.25) is 0 Å². The Morgan fingerprint density at radius 3 is 2.44 bits per heavy atom. The van der Waals surface area contributed by atoms with E-state index in [0.29, 0.717) is 0 Å². The normalized spacial score (nSPS) is 48.4. The number of aliphatic carboxylic acids is 1.